The number of benzene rings is 1. The minimum atomic E-state index is -0.350. The molecule has 0 saturated heterocycles. The normalized spacial score (nSPS) is 10.3. The number of nitrogen functional groups attached to an aromatic ring is 2. The van der Waals surface area contributed by atoms with Crippen molar-refractivity contribution in [3.05, 3.63) is 46.0 Å². The first-order valence-corrected chi connectivity index (χ1v) is 5.50. The fourth-order valence-electron chi connectivity index (χ4n) is 1.62. The van der Waals surface area contributed by atoms with Crippen molar-refractivity contribution >= 4 is 17.2 Å². The van der Waals surface area contributed by atoms with E-state index in [2.05, 4.69) is 15.3 Å². The van der Waals surface area contributed by atoms with Crippen LogP contribution in [-0.4, -0.2) is 9.97 Å². The van der Waals surface area contributed by atoms with Gasteiger partial charge in [0.2, 0.25) is 0 Å². The van der Waals surface area contributed by atoms with Gasteiger partial charge >= 0.3 is 0 Å². The van der Waals surface area contributed by atoms with Crippen LogP contribution in [0, 0.1) is 6.92 Å². The molecule has 6 nitrogen and oxygen atoms in total. The molecule has 0 aliphatic rings. The fourth-order valence-corrected chi connectivity index (χ4v) is 1.62. The second-order valence-corrected chi connectivity index (χ2v) is 3.98. The molecule has 18 heavy (non-hydrogen) atoms. The summed E-state index contributed by atoms with van der Waals surface area (Å²) < 4.78 is 0. The number of hydrogen-bond acceptors (Lipinski definition) is 5. The van der Waals surface area contributed by atoms with Crippen molar-refractivity contribution < 1.29 is 0 Å². The molecule has 0 bridgehead atoms. The zero-order valence-electron chi connectivity index (χ0n) is 10.0. The minimum Gasteiger partial charge on any atom is -0.399 e. The molecule has 0 atom stereocenters. The summed E-state index contributed by atoms with van der Waals surface area (Å²) in [5.74, 6) is 0.376. The molecule has 0 amide bonds. The Balaban J connectivity index is 2.19. The van der Waals surface area contributed by atoms with Crippen LogP contribution in [0.5, 0.6) is 0 Å². The Bertz CT molecular complexity index is 620. The molecule has 2 aromatic rings. The Morgan fingerprint density at radius 3 is 2.94 bits per heavy atom. The monoisotopic (exact) mass is 245 g/mol. The maximum atomic E-state index is 11.3. The molecule has 0 radical (unpaired) electrons. The van der Waals surface area contributed by atoms with E-state index in [4.69, 9.17) is 11.5 Å². The van der Waals surface area contributed by atoms with E-state index in [0.717, 1.165) is 16.8 Å². The van der Waals surface area contributed by atoms with E-state index in [1.807, 2.05) is 25.1 Å². The topological polar surface area (TPSA) is 110 Å². The molecule has 0 spiro atoms. The lowest BCUT2D eigenvalue weighted by molar-refractivity contribution is 1.06. The highest BCUT2D eigenvalue weighted by molar-refractivity contribution is 5.59. The lowest BCUT2D eigenvalue weighted by Crippen LogP contribution is -2.16. The third-order valence-corrected chi connectivity index (χ3v) is 2.82. The first kappa shape index (κ1) is 12.0. The molecular weight excluding hydrogens is 230 g/mol. The summed E-state index contributed by atoms with van der Waals surface area (Å²) in [6, 6.07) is 5.69. The highest BCUT2D eigenvalue weighted by Crippen LogP contribution is 2.17. The van der Waals surface area contributed by atoms with Crippen LogP contribution in [0.3, 0.4) is 0 Å². The summed E-state index contributed by atoms with van der Waals surface area (Å²) in [6.45, 7) is 2.46. The Kier molecular flexibility index (Phi) is 3.18. The number of nitrogens with two attached hydrogens (primary N) is 2. The Morgan fingerprint density at radius 2 is 2.17 bits per heavy atom. The molecule has 1 heterocycles. The highest BCUT2D eigenvalue weighted by atomic mass is 16.1. The van der Waals surface area contributed by atoms with Crippen molar-refractivity contribution in [3.63, 3.8) is 0 Å². The van der Waals surface area contributed by atoms with Crippen LogP contribution < -0.4 is 22.3 Å². The van der Waals surface area contributed by atoms with E-state index in [-0.39, 0.29) is 11.2 Å². The predicted octanol–water partition coefficient (Wildman–Crippen LogP) is 0.855. The lowest BCUT2D eigenvalue weighted by atomic mass is 10.1. The molecule has 1 aromatic carbocycles. The van der Waals surface area contributed by atoms with Crippen molar-refractivity contribution in [2.75, 3.05) is 16.8 Å². The van der Waals surface area contributed by atoms with Gasteiger partial charge in [0, 0.05) is 12.2 Å². The van der Waals surface area contributed by atoms with Gasteiger partial charge in [0.05, 0.1) is 6.33 Å². The van der Waals surface area contributed by atoms with E-state index in [9.17, 15) is 4.79 Å². The number of H-pyrrole nitrogens is 1. The quantitative estimate of drug-likeness (QED) is 0.599. The van der Waals surface area contributed by atoms with E-state index >= 15 is 0 Å². The Morgan fingerprint density at radius 1 is 1.39 bits per heavy atom. The standard InChI is InChI=1S/C12H15N5O/c1-7-8(3-2-4-9(7)13)5-15-11-10(14)12(18)17-6-16-11/h2-4,6H,5,13-14H2,1H3,(H2,15,16,17,18). The van der Waals surface area contributed by atoms with Gasteiger partial charge in [-0.1, -0.05) is 12.1 Å². The van der Waals surface area contributed by atoms with Crippen LogP contribution in [0.1, 0.15) is 11.1 Å². The van der Waals surface area contributed by atoms with E-state index in [1.54, 1.807) is 0 Å². The van der Waals surface area contributed by atoms with Crippen molar-refractivity contribution in [1.29, 1.82) is 0 Å². The molecule has 6 heteroatoms. The Hall–Kier alpha value is -2.50. The van der Waals surface area contributed by atoms with Crippen LogP contribution in [0.25, 0.3) is 0 Å². The molecule has 0 unspecified atom stereocenters. The van der Waals surface area contributed by atoms with Crippen molar-refractivity contribution in [1.82, 2.24) is 9.97 Å². The zero-order valence-corrected chi connectivity index (χ0v) is 10.0. The number of aromatic nitrogens is 2. The number of anilines is 3. The molecular formula is C12H15N5O. The van der Waals surface area contributed by atoms with Gasteiger partial charge in [-0.25, -0.2) is 4.98 Å². The molecule has 94 valence electrons. The smallest absolute Gasteiger partial charge is 0.276 e. The average molecular weight is 245 g/mol. The van der Waals surface area contributed by atoms with Crippen LogP contribution in [0.15, 0.2) is 29.3 Å². The van der Waals surface area contributed by atoms with Crippen molar-refractivity contribution in [3.8, 4) is 0 Å². The summed E-state index contributed by atoms with van der Waals surface area (Å²) >= 11 is 0. The third-order valence-electron chi connectivity index (χ3n) is 2.82. The second kappa shape index (κ2) is 4.79. The third kappa shape index (κ3) is 2.27. The summed E-state index contributed by atoms with van der Waals surface area (Å²) in [5, 5.41) is 3.03. The van der Waals surface area contributed by atoms with Gasteiger partial charge in [-0.05, 0) is 24.1 Å². The molecule has 0 aliphatic heterocycles. The summed E-state index contributed by atoms with van der Waals surface area (Å²) in [5.41, 5.74) is 14.0. The zero-order chi connectivity index (χ0) is 13.1. The first-order valence-electron chi connectivity index (χ1n) is 5.50. The van der Waals surface area contributed by atoms with Gasteiger partial charge in [-0.2, -0.15) is 0 Å². The number of aromatic amines is 1. The second-order valence-electron chi connectivity index (χ2n) is 3.98. The predicted molar refractivity (Wildman–Crippen MR) is 72.2 cm³/mol. The van der Waals surface area contributed by atoms with Crippen LogP contribution in [-0.2, 0) is 6.54 Å². The van der Waals surface area contributed by atoms with Crippen LogP contribution >= 0.6 is 0 Å². The molecule has 0 saturated carbocycles. The number of nitrogens with one attached hydrogen (secondary N) is 2. The first-order chi connectivity index (χ1) is 8.59. The minimum absolute atomic E-state index is 0.0825. The lowest BCUT2D eigenvalue weighted by Gasteiger charge is -2.10. The van der Waals surface area contributed by atoms with Gasteiger partial charge in [0.15, 0.2) is 5.82 Å². The van der Waals surface area contributed by atoms with Crippen molar-refractivity contribution in [2.24, 2.45) is 0 Å². The van der Waals surface area contributed by atoms with E-state index < -0.39 is 0 Å². The molecule has 0 fully saturated rings. The van der Waals surface area contributed by atoms with Crippen molar-refractivity contribution in [2.45, 2.75) is 13.5 Å². The van der Waals surface area contributed by atoms with Gasteiger partial charge < -0.3 is 21.8 Å². The highest BCUT2D eigenvalue weighted by Gasteiger charge is 2.05. The average Bonchev–Trinajstić information content (AvgIpc) is 2.36. The Labute approximate surface area is 104 Å². The van der Waals surface area contributed by atoms with Crippen LogP contribution in [0.2, 0.25) is 0 Å². The SMILES string of the molecule is Cc1c(N)cccc1CNc1nc[nH]c(=O)c1N. The molecule has 6 N–H and O–H groups in total. The van der Waals surface area contributed by atoms with Gasteiger partial charge in [0.1, 0.15) is 5.69 Å². The largest absolute Gasteiger partial charge is 0.399 e. The van der Waals surface area contributed by atoms with Gasteiger partial charge in [0.25, 0.3) is 5.56 Å². The fraction of sp³-hybridized carbons (Fsp3) is 0.167. The number of hydrogen-bond donors (Lipinski definition) is 4. The number of nitrogens with zero attached hydrogens (tertiary/aromatic N) is 1. The summed E-state index contributed by atoms with van der Waals surface area (Å²) in [7, 11) is 0. The van der Waals surface area contributed by atoms with E-state index in [0.29, 0.717) is 12.4 Å². The van der Waals surface area contributed by atoms with Gasteiger partial charge in [-0.15, -0.1) is 0 Å². The molecule has 2 rings (SSSR count). The summed E-state index contributed by atoms with van der Waals surface area (Å²) in [4.78, 5) is 17.7. The van der Waals surface area contributed by atoms with E-state index in [1.165, 1.54) is 6.33 Å². The maximum absolute atomic E-state index is 11.3. The summed E-state index contributed by atoms with van der Waals surface area (Å²) in [6.07, 6.45) is 1.31. The molecule has 1 aromatic heterocycles. The van der Waals surface area contributed by atoms with Crippen LogP contribution in [0.4, 0.5) is 17.2 Å². The number of rotatable bonds is 3. The van der Waals surface area contributed by atoms with Gasteiger partial charge in [-0.3, -0.25) is 4.79 Å². The molecule has 0 aliphatic carbocycles. The maximum Gasteiger partial charge on any atom is 0.276 e.